The van der Waals surface area contributed by atoms with Crippen LogP contribution < -0.4 is 9.47 Å². The first-order chi connectivity index (χ1) is 20.5. The zero-order valence-corrected chi connectivity index (χ0v) is 27.3. The van der Waals surface area contributed by atoms with Crippen molar-refractivity contribution in [2.75, 3.05) is 6.61 Å². The average molecular weight is 581 g/mol. The lowest BCUT2D eigenvalue weighted by Crippen LogP contribution is -2.14. The molecule has 2 atom stereocenters. The van der Waals surface area contributed by atoms with E-state index in [-0.39, 0.29) is 18.2 Å². The highest BCUT2D eigenvalue weighted by atomic mass is 16.6. The van der Waals surface area contributed by atoms with Crippen molar-refractivity contribution in [3.8, 4) is 11.5 Å². The molecule has 0 aliphatic heterocycles. The molecule has 42 heavy (non-hydrogen) atoms. The minimum Gasteiger partial charge on any atom is -0.487 e. The summed E-state index contributed by atoms with van der Waals surface area (Å²) in [5.41, 5.74) is 1.58. The first-order valence-electron chi connectivity index (χ1n) is 17.2. The van der Waals surface area contributed by atoms with Crippen LogP contribution in [0.15, 0.2) is 48.5 Å². The molecule has 236 valence electrons. The third-order valence-corrected chi connectivity index (χ3v) is 8.06. The number of para-hydroxylation sites is 2. The predicted molar refractivity (Wildman–Crippen MR) is 177 cm³/mol. The molecule has 4 nitrogen and oxygen atoms in total. The highest BCUT2D eigenvalue weighted by Gasteiger charge is 2.15. The molecule has 2 aromatic carbocycles. The minimum absolute atomic E-state index is 0.000547. The molecule has 0 saturated carbocycles. The second-order valence-corrected chi connectivity index (χ2v) is 12.0. The molecule has 0 saturated heterocycles. The number of benzene rings is 2. The Balaban J connectivity index is 1.54. The molecular formula is C38H60O4. The van der Waals surface area contributed by atoms with E-state index in [9.17, 15) is 4.79 Å². The van der Waals surface area contributed by atoms with Gasteiger partial charge in [0.15, 0.2) is 11.5 Å². The van der Waals surface area contributed by atoms with Gasteiger partial charge in [0.2, 0.25) is 0 Å². The van der Waals surface area contributed by atoms with Crippen LogP contribution in [0.25, 0.3) is 0 Å². The molecule has 0 amide bonds. The smallest absolute Gasteiger partial charge is 0.343 e. The van der Waals surface area contributed by atoms with E-state index >= 15 is 0 Å². The number of unbranched alkanes of at least 4 members (excludes halogenated alkanes) is 15. The Morgan fingerprint density at radius 3 is 1.64 bits per heavy atom. The van der Waals surface area contributed by atoms with Crippen LogP contribution >= 0.6 is 0 Å². The maximum Gasteiger partial charge on any atom is 0.343 e. The van der Waals surface area contributed by atoms with Crippen molar-refractivity contribution < 1.29 is 19.0 Å². The van der Waals surface area contributed by atoms with Crippen molar-refractivity contribution >= 4 is 5.97 Å². The summed E-state index contributed by atoms with van der Waals surface area (Å²) in [6.07, 6.45) is 24.0. The van der Waals surface area contributed by atoms with Gasteiger partial charge in [0.25, 0.3) is 0 Å². The van der Waals surface area contributed by atoms with Crippen molar-refractivity contribution in [1.82, 2.24) is 0 Å². The van der Waals surface area contributed by atoms with Crippen LogP contribution in [0.4, 0.5) is 0 Å². The fraction of sp³-hybridized carbons (Fsp3) is 0.658. The molecule has 2 rings (SSSR count). The first-order valence-corrected chi connectivity index (χ1v) is 17.2. The molecular weight excluding hydrogens is 520 g/mol. The Hall–Kier alpha value is -2.33. The summed E-state index contributed by atoms with van der Waals surface area (Å²) >= 11 is 0. The van der Waals surface area contributed by atoms with Gasteiger partial charge >= 0.3 is 5.97 Å². The van der Waals surface area contributed by atoms with E-state index in [4.69, 9.17) is 14.2 Å². The molecule has 2 aromatic rings. The lowest BCUT2D eigenvalue weighted by atomic mass is 10.0. The summed E-state index contributed by atoms with van der Waals surface area (Å²) in [7, 11) is 0. The summed E-state index contributed by atoms with van der Waals surface area (Å²) < 4.78 is 17.8. The number of carbonyl (C=O) groups is 1. The van der Waals surface area contributed by atoms with Crippen LogP contribution in [0, 0.1) is 0 Å². The first kappa shape index (κ1) is 35.9. The maximum atomic E-state index is 12.8. The van der Waals surface area contributed by atoms with Gasteiger partial charge in [0, 0.05) is 6.61 Å². The highest BCUT2D eigenvalue weighted by Crippen LogP contribution is 2.29. The van der Waals surface area contributed by atoms with E-state index in [1.165, 1.54) is 96.3 Å². The average Bonchev–Trinajstić information content (AvgIpc) is 2.99. The lowest BCUT2D eigenvalue weighted by Gasteiger charge is -2.17. The van der Waals surface area contributed by atoms with Crippen molar-refractivity contribution in [3.63, 3.8) is 0 Å². The number of esters is 1. The Labute approximate surface area is 257 Å². The van der Waals surface area contributed by atoms with Crippen LogP contribution in [0.3, 0.4) is 0 Å². The number of hydrogen-bond donors (Lipinski definition) is 0. The number of rotatable bonds is 25. The predicted octanol–water partition coefficient (Wildman–Crippen LogP) is 11.8. The zero-order chi connectivity index (χ0) is 30.3. The topological polar surface area (TPSA) is 44.8 Å². The standard InChI is InChI=1S/C38H60O4/c1-5-7-8-9-10-11-12-13-14-15-16-17-18-19-20-23-31-40-33(4)34-27-29-35(30-28-34)38(39)42-37-26-22-21-25-36(37)41-32(3)24-6-2/h21-22,25-30,32-33H,5-20,23-24,31H2,1-4H3. The van der Waals surface area contributed by atoms with E-state index in [1.54, 1.807) is 6.07 Å². The van der Waals surface area contributed by atoms with Crippen molar-refractivity contribution in [1.29, 1.82) is 0 Å². The van der Waals surface area contributed by atoms with Crippen LogP contribution in [0.5, 0.6) is 11.5 Å². The maximum absolute atomic E-state index is 12.8. The second-order valence-electron chi connectivity index (χ2n) is 12.0. The van der Waals surface area contributed by atoms with Crippen LogP contribution in [0.2, 0.25) is 0 Å². The number of ether oxygens (including phenoxy) is 3. The van der Waals surface area contributed by atoms with E-state index < -0.39 is 0 Å². The Morgan fingerprint density at radius 2 is 1.12 bits per heavy atom. The van der Waals surface area contributed by atoms with Crippen LogP contribution in [-0.4, -0.2) is 18.7 Å². The SMILES string of the molecule is CCCCCCCCCCCCCCCCCCOC(C)c1ccc(C(=O)Oc2ccccc2OC(C)CCC)cc1. The van der Waals surface area contributed by atoms with Gasteiger partial charge in [-0.2, -0.15) is 0 Å². The molecule has 0 aliphatic carbocycles. The Kier molecular flexibility index (Phi) is 19.8. The normalized spacial score (nSPS) is 12.7. The molecule has 0 radical (unpaired) electrons. The largest absolute Gasteiger partial charge is 0.487 e. The second kappa shape index (κ2) is 23.2. The van der Waals surface area contributed by atoms with Crippen molar-refractivity contribution in [2.24, 2.45) is 0 Å². The summed E-state index contributed by atoms with van der Waals surface area (Å²) in [5, 5.41) is 0. The minimum atomic E-state index is -0.387. The third-order valence-electron chi connectivity index (χ3n) is 8.06. The van der Waals surface area contributed by atoms with Gasteiger partial charge in [0.1, 0.15) is 0 Å². The van der Waals surface area contributed by atoms with Crippen LogP contribution in [-0.2, 0) is 4.74 Å². The van der Waals surface area contributed by atoms with Crippen molar-refractivity contribution in [3.05, 3.63) is 59.7 Å². The van der Waals surface area contributed by atoms with Gasteiger partial charge in [-0.25, -0.2) is 4.79 Å². The van der Waals surface area contributed by atoms with Gasteiger partial charge in [-0.15, -0.1) is 0 Å². The quantitative estimate of drug-likeness (QED) is 0.0665. The summed E-state index contributed by atoms with van der Waals surface area (Å²) in [6, 6.07) is 14.9. The Morgan fingerprint density at radius 1 is 0.619 bits per heavy atom. The van der Waals surface area contributed by atoms with Gasteiger partial charge in [-0.1, -0.05) is 141 Å². The highest BCUT2D eigenvalue weighted by molar-refractivity contribution is 5.91. The van der Waals surface area contributed by atoms with E-state index in [1.807, 2.05) is 49.4 Å². The zero-order valence-electron chi connectivity index (χ0n) is 27.3. The van der Waals surface area contributed by atoms with E-state index in [0.29, 0.717) is 17.1 Å². The fourth-order valence-electron chi connectivity index (χ4n) is 5.37. The molecule has 0 N–H and O–H groups in total. The molecule has 0 spiro atoms. The van der Waals surface area contributed by atoms with E-state index in [2.05, 4.69) is 20.8 Å². The molecule has 0 bridgehead atoms. The van der Waals surface area contributed by atoms with Crippen LogP contribution in [0.1, 0.15) is 165 Å². The molecule has 0 heterocycles. The monoisotopic (exact) mass is 580 g/mol. The summed E-state index contributed by atoms with van der Waals surface area (Å²) in [6.45, 7) is 9.29. The van der Waals surface area contributed by atoms with Crippen molar-refractivity contribution in [2.45, 2.75) is 155 Å². The lowest BCUT2D eigenvalue weighted by molar-refractivity contribution is 0.0625. The fourth-order valence-corrected chi connectivity index (χ4v) is 5.37. The van der Waals surface area contributed by atoms with Gasteiger partial charge in [-0.3, -0.25) is 0 Å². The summed E-state index contributed by atoms with van der Waals surface area (Å²) in [4.78, 5) is 12.8. The van der Waals surface area contributed by atoms with Gasteiger partial charge in [0.05, 0.1) is 17.8 Å². The molecule has 0 aromatic heterocycles. The molecule has 0 fully saturated rings. The molecule has 4 heteroatoms. The Bertz CT molecular complexity index is 938. The number of carbonyl (C=O) groups excluding carboxylic acids is 1. The molecule has 2 unspecified atom stereocenters. The summed E-state index contributed by atoms with van der Waals surface area (Å²) in [5.74, 6) is 0.659. The molecule has 0 aliphatic rings. The third kappa shape index (κ3) is 15.8. The van der Waals surface area contributed by atoms with Gasteiger partial charge < -0.3 is 14.2 Å². The number of hydrogen-bond acceptors (Lipinski definition) is 4. The van der Waals surface area contributed by atoms with Gasteiger partial charge in [-0.05, 0) is 56.5 Å². The van der Waals surface area contributed by atoms with E-state index in [0.717, 1.165) is 31.4 Å².